The summed E-state index contributed by atoms with van der Waals surface area (Å²) < 4.78 is 2.81. The molecule has 0 atom stereocenters. The first kappa shape index (κ1) is 35.4. The van der Waals surface area contributed by atoms with Gasteiger partial charge in [0.05, 0.1) is 5.69 Å². The van der Waals surface area contributed by atoms with Crippen LogP contribution in [-0.4, -0.2) is 6.71 Å². The summed E-state index contributed by atoms with van der Waals surface area (Å²) in [7, 11) is 0. The van der Waals surface area contributed by atoms with Gasteiger partial charge in [0.25, 0.3) is 6.71 Å². The second kappa shape index (κ2) is 11.6. The predicted octanol–water partition coefficient (Wildman–Crippen LogP) is 12.5. The number of nitrogens with zero attached hydrogens (tertiary/aromatic N) is 2. The lowest BCUT2D eigenvalue weighted by molar-refractivity contribution is 0.332. The SMILES string of the molecule is Cc1cc2c3c(c1)N(c1ccc4c(c1)C(C)(C)CCC4(C)C)c1c(sc4cc(C)ccc14)B3c1cc(C(C)(C)C)ccc1N2c1ccc(C(C)(C)C)cc1. The molecule has 2 aliphatic heterocycles. The summed E-state index contributed by atoms with van der Waals surface area (Å²) in [6.45, 7) is 28.3. The van der Waals surface area contributed by atoms with E-state index < -0.39 is 0 Å². The van der Waals surface area contributed by atoms with Crippen molar-refractivity contribution >= 4 is 78.0 Å². The Balaban J connectivity index is 1.38. The molecule has 0 amide bonds. The first-order valence-electron chi connectivity index (χ1n) is 20.0. The highest BCUT2D eigenvalue weighted by Crippen LogP contribution is 2.52. The second-order valence-corrected chi connectivity index (χ2v) is 21.0. The fourth-order valence-electron chi connectivity index (χ4n) is 9.57. The third-order valence-electron chi connectivity index (χ3n) is 12.9. The van der Waals surface area contributed by atoms with Gasteiger partial charge in [-0.3, -0.25) is 0 Å². The van der Waals surface area contributed by atoms with Gasteiger partial charge >= 0.3 is 0 Å². The van der Waals surface area contributed by atoms with Crippen molar-refractivity contribution in [2.24, 2.45) is 0 Å². The number of hydrogen-bond acceptors (Lipinski definition) is 3. The first-order valence-corrected chi connectivity index (χ1v) is 20.8. The number of hydrogen-bond donors (Lipinski definition) is 0. The minimum atomic E-state index is 0.0229. The van der Waals surface area contributed by atoms with Crippen LogP contribution in [0.5, 0.6) is 0 Å². The smallest absolute Gasteiger partial charge is 0.264 e. The van der Waals surface area contributed by atoms with Gasteiger partial charge in [0.2, 0.25) is 0 Å². The Labute approximate surface area is 328 Å². The van der Waals surface area contributed by atoms with Crippen molar-refractivity contribution in [3.63, 3.8) is 0 Å². The highest BCUT2D eigenvalue weighted by molar-refractivity contribution is 7.33. The zero-order valence-corrected chi connectivity index (χ0v) is 35.3. The average molecular weight is 727 g/mol. The molecule has 5 aromatic carbocycles. The number of aryl methyl sites for hydroxylation is 2. The topological polar surface area (TPSA) is 6.48 Å². The van der Waals surface area contributed by atoms with Crippen molar-refractivity contribution in [3.8, 4) is 0 Å². The maximum absolute atomic E-state index is 2.66. The van der Waals surface area contributed by atoms with Gasteiger partial charge in [-0.1, -0.05) is 112 Å². The molecule has 0 saturated heterocycles. The third kappa shape index (κ3) is 5.34. The number of benzene rings is 5. The molecule has 1 aromatic heterocycles. The summed E-state index contributed by atoms with van der Waals surface area (Å²) in [6, 6.07) is 36.2. The van der Waals surface area contributed by atoms with Crippen LogP contribution in [0.15, 0.2) is 91.0 Å². The van der Waals surface area contributed by atoms with E-state index in [1.54, 1.807) is 0 Å². The molecular weight excluding hydrogens is 671 g/mol. The third-order valence-corrected chi connectivity index (χ3v) is 14.1. The van der Waals surface area contributed by atoms with Crippen LogP contribution in [0.1, 0.15) is 115 Å². The normalized spacial score (nSPS) is 16.9. The molecule has 3 aliphatic rings. The molecule has 4 heteroatoms. The number of anilines is 6. The Bertz CT molecular complexity index is 2500. The van der Waals surface area contributed by atoms with Gasteiger partial charge < -0.3 is 9.80 Å². The molecule has 274 valence electrons. The maximum atomic E-state index is 2.66. The van der Waals surface area contributed by atoms with Crippen molar-refractivity contribution in [1.82, 2.24) is 0 Å². The molecule has 54 heavy (non-hydrogen) atoms. The van der Waals surface area contributed by atoms with Crippen molar-refractivity contribution in [2.45, 2.75) is 118 Å². The molecule has 0 bridgehead atoms. The van der Waals surface area contributed by atoms with Crippen LogP contribution < -0.4 is 25.5 Å². The molecule has 0 saturated carbocycles. The van der Waals surface area contributed by atoms with Crippen molar-refractivity contribution in [3.05, 3.63) is 124 Å². The van der Waals surface area contributed by atoms with Crippen LogP contribution in [0.25, 0.3) is 10.1 Å². The summed E-state index contributed by atoms with van der Waals surface area (Å²) in [5.74, 6) is 0. The summed E-state index contributed by atoms with van der Waals surface area (Å²) in [6.07, 6.45) is 2.41. The van der Waals surface area contributed by atoms with Crippen LogP contribution in [0.2, 0.25) is 0 Å². The molecule has 6 aromatic rings. The Morgan fingerprint density at radius 3 is 1.85 bits per heavy atom. The second-order valence-electron chi connectivity index (χ2n) is 20.0. The average Bonchev–Trinajstić information content (AvgIpc) is 3.47. The fraction of sp³-hybridized carbons (Fsp3) is 0.360. The van der Waals surface area contributed by atoms with Crippen LogP contribution in [0.3, 0.4) is 0 Å². The molecule has 1 aliphatic carbocycles. The first-order chi connectivity index (χ1) is 25.3. The zero-order chi connectivity index (χ0) is 38.3. The zero-order valence-electron chi connectivity index (χ0n) is 34.5. The van der Waals surface area contributed by atoms with Crippen molar-refractivity contribution in [2.75, 3.05) is 9.80 Å². The number of fused-ring (bicyclic) bond motifs is 7. The fourth-order valence-corrected chi connectivity index (χ4v) is 11.0. The summed E-state index contributed by atoms with van der Waals surface area (Å²) in [5.41, 5.74) is 19.2. The van der Waals surface area contributed by atoms with Crippen molar-refractivity contribution in [1.29, 1.82) is 0 Å². The molecule has 0 unspecified atom stereocenters. The maximum Gasteiger partial charge on any atom is 0.264 e. The van der Waals surface area contributed by atoms with Crippen LogP contribution in [0.4, 0.5) is 34.1 Å². The lowest BCUT2D eigenvalue weighted by atomic mass is 9.36. The van der Waals surface area contributed by atoms with E-state index in [0.29, 0.717) is 0 Å². The van der Waals surface area contributed by atoms with Gasteiger partial charge in [0.1, 0.15) is 0 Å². The van der Waals surface area contributed by atoms with Crippen LogP contribution >= 0.6 is 11.3 Å². The lowest BCUT2D eigenvalue weighted by Gasteiger charge is -2.45. The van der Waals surface area contributed by atoms with Gasteiger partial charge in [-0.25, -0.2) is 0 Å². The van der Waals surface area contributed by atoms with Crippen molar-refractivity contribution < 1.29 is 0 Å². The minimum absolute atomic E-state index is 0.0229. The van der Waals surface area contributed by atoms with E-state index in [0.717, 1.165) is 0 Å². The van der Waals surface area contributed by atoms with Gasteiger partial charge in [0, 0.05) is 43.3 Å². The monoisotopic (exact) mass is 726 g/mol. The Morgan fingerprint density at radius 1 is 0.574 bits per heavy atom. The quantitative estimate of drug-likeness (QED) is 0.164. The van der Waals surface area contributed by atoms with E-state index in [4.69, 9.17) is 0 Å². The highest BCUT2D eigenvalue weighted by Gasteiger charge is 2.46. The van der Waals surface area contributed by atoms with E-state index in [-0.39, 0.29) is 28.4 Å². The van der Waals surface area contributed by atoms with E-state index in [1.165, 1.54) is 106 Å². The Kier molecular flexibility index (Phi) is 7.62. The molecule has 0 radical (unpaired) electrons. The van der Waals surface area contributed by atoms with Gasteiger partial charge in [-0.2, -0.15) is 0 Å². The number of thiophene rings is 1. The lowest BCUT2D eigenvalue weighted by Crippen LogP contribution is -2.60. The predicted molar refractivity (Wildman–Crippen MR) is 238 cm³/mol. The van der Waals surface area contributed by atoms with E-state index in [1.807, 2.05) is 11.3 Å². The highest BCUT2D eigenvalue weighted by atomic mass is 32.1. The van der Waals surface area contributed by atoms with Gasteiger partial charge in [-0.05, 0) is 141 Å². The van der Waals surface area contributed by atoms with E-state index in [2.05, 4.69) is 184 Å². The van der Waals surface area contributed by atoms with Gasteiger partial charge in [-0.15, -0.1) is 11.3 Å². The minimum Gasteiger partial charge on any atom is -0.311 e. The van der Waals surface area contributed by atoms with Crippen LogP contribution in [-0.2, 0) is 21.7 Å². The number of rotatable bonds is 2. The molecule has 0 fully saturated rings. The van der Waals surface area contributed by atoms with Crippen LogP contribution in [0, 0.1) is 13.8 Å². The summed E-state index contributed by atoms with van der Waals surface area (Å²) >= 11 is 2.00. The largest absolute Gasteiger partial charge is 0.311 e. The molecule has 0 N–H and O–H groups in total. The molecule has 9 rings (SSSR count). The van der Waals surface area contributed by atoms with Gasteiger partial charge in [0.15, 0.2) is 0 Å². The molecule has 2 nitrogen and oxygen atoms in total. The molecule has 3 heterocycles. The van der Waals surface area contributed by atoms with E-state index in [9.17, 15) is 0 Å². The molecular formula is C50H55BN2S. The Hall–Kier alpha value is -4.28. The summed E-state index contributed by atoms with van der Waals surface area (Å²) in [5, 5.41) is 1.35. The standard InChI is InChI=1S/C50H55BN2S/c1-30-13-20-36-43(27-30)54-46-45(36)53(35-19-21-37-38(29-35)50(11,12)24-23-49(37,9)10)42-26-31(2)25-41-44(42)51(46)39-28-33(48(6,7)8)16-22-40(39)52(41)34-17-14-32(15-18-34)47(3,4)5/h13-22,25-29H,23-24H2,1-12H3. The Morgan fingerprint density at radius 2 is 1.19 bits per heavy atom. The van der Waals surface area contributed by atoms with E-state index >= 15 is 0 Å². The summed E-state index contributed by atoms with van der Waals surface area (Å²) in [4.78, 5) is 5.22. The molecule has 0 spiro atoms.